The Bertz CT molecular complexity index is 516. The summed E-state index contributed by atoms with van der Waals surface area (Å²) in [5.41, 5.74) is 3.08. The third kappa shape index (κ3) is 2.55. The van der Waals surface area contributed by atoms with E-state index < -0.39 is 0 Å². The van der Waals surface area contributed by atoms with Crippen molar-refractivity contribution in [1.82, 2.24) is 5.32 Å². The summed E-state index contributed by atoms with van der Waals surface area (Å²) in [6.45, 7) is 9.94. The predicted octanol–water partition coefficient (Wildman–Crippen LogP) is 2.13. The zero-order valence-corrected chi connectivity index (χ0v) is 13.4. The SMILES string of the molecule is CC1(CN2CCN3CCOc4cccc2c43)CCNC1.Cl. The van der Waals surface area contributed by atoms with Crippen molar-refractivity contribution >= 4 is 23.8 Å². The lowest BCUT2D eigenvalue weighted by molar-refractivity contribution is 0.303. The van der Waals surface area contributed by atoms with Gasteiger partial charge in [-0.05, 0) is 30.5 Å². The van der Waals surface area contributed by atoms with Gasteiger partial charge in [0.05, 0.1) is 12.2 Å². The van der Waals surface area contributed by atoms with E-state index in [1.165, 1.54) is 17.8 Å². The summed E-state index contributed by atoms with van der Waals surface area (Å²) in [5.74, 6) is 1.06. The Hall–Kier alpha value is -1.13. The largest absolute Gasteiger partial charge is 0.489 e. The second-order valence-corrected chi connectivity index (χ2v) is 6.62. The van der Waals surface area contributed by atoms with Crippen LogP contribution in [0.4, 0.5) is 11.4 Å². The number of nitrogens with zero attached hydrogens (tertiary/aromatic N) is 2. The maximum Gasteiger partial charge on any atom is 0.144 e. The number of ether oxygens (including phenoxy) is 1. The number of nitrogens with one attached hydrogen (secondary N) is 1. The second kappa shape index (κ2) is 5.58. The van der Waals surface area contributed by atoms with E-state index in [1.807, 2.05) is 0 Å². The lowest BCUT2D eigenvalue weighted by Gasteiger charge is -2.44. The Morgan fingerprint density at radius 1 is 1.29 bits per heavy atom. The highest BCUT2D eigenvalue weighted by atomic mass is 35.5. The van der Waals surface area contributed by atoms with E-state index >= 15 is 0 Å². The topological polar surface area (TPSA) is 27.7 Å². The van der Waals surface area contributed by atoms with Gasteiger partial charge >= 0.3 is 0 Å². The zero-order valence-electron chi connectivity index (χ0n) is 12.6. The summed E-state index contributed by atoms with van der Waals surface area (Å²) in [5, 5.41) is 3.51. The predicted molar refractivity (Wildman–Crippen MR) is 89.2 cm³/mol. The standard InChI is InChI=1S/C16H23N3O.ClH/c1-16(5-6-17-11-16)12-19-8-7-18-9-10-20-14-4-2-3-13(19)15(14)18;/h2-4,17H,5-12H2,1H3;1H. The molecule has 3 aliphatic heterocycles. The third-order valence-electron chi connectivity index (χ3n) is 4.92. The molecule has 0 amide bonds. The van der Waals surface area contributed by atoms with Crippen molar-refractivity contribution < 1.29 is 4.74 Å². The Morgan fingerprint density at radius 2 is 2.19 bits per heavy atom. The molecule has 0 aromatic heterocycles. The van der Waals surface area contributed by atoms with Crippen molar-refractivity contribution in [2.75, 3.05) is 55.7 Å². The molecule has 1 unspecified atom stereocenters. The third-order valence-corrected chi connectivity index (χ3v) is 4.92. The average Bonchev–Trinajstić information content (AvgIpc) is 2.89. The van der Waals surface area contributed by atoms with Crippen molar-refractivity contribution in [3.05, 3.63) is 18.2 Å². The van der Waals surface area contributed by atoms with Gasteiger partial charge in [0.25, 0.3) is 0 Å². The highest BCUT2D eigenvalue weighted by Crippen LogP contribution is 2.43. The zero-order chi connectivity index (χ0) is 13.6. The van der Waals surface area contributed by atoms with Gasteiger partial charge in [0.1, 0.15) is 18.0 Å². The highest BCUT2D eigenvalue weighted by molar-refractivity contribution is 5.85. The first kappa shape index (κ1) is 14.8. The fourth-order valence-corrected chi connectivity index (χ4v) is 3.79. The molecule has 0 saturated carbocycles. The Labute approximate surface area is 132 Å². The number of para-hydroxylation sites is 1. The first-order valence-corrected chi connectivity index (χ1v) is 7.72. The molecule has 0 radical (unpaired) electrons. The second-order valence-electron chi connectivity index (χ2n) is 6.62. The first-order valence-electron chi connectivity index (χ1n) is 7.72. The summed E-state index contributed by atoms with van der Waals surface area (Å²) in [4.78, 5) is 5.05. The van der Waals surface area contributed by atoms with Crippen molar-refractivity contribution in [3.8, 4) is 5.75 Å². The smallest absolute Gasteiger partial charge is 0.144 e. The van der Waals surface area contributed by atoms with Crippen LogP contribution in [0.3, 0.4) is 0 Å². The maximum absolute atomic E-state index is 5.83. The number of anilines is 2. The van der Waals surface area contributed by atoms with Crippen molar-refractivity contribution in [2.24, 2.45) is 5.41 Å². The van der Waals surface area contributed by atoms with Crippen LogP contribution in [0, 0.1) is 5.41 Å². The van der Waals surface area contributed by atoms with Crippen LogP contribution in [0.2, 0.25) is 0 Å². The molecule has 4 rings (SSSR count). The van der Waals surface area contributed by atoms with Gasteiger partial charge in [0.15, 0.2) is 0 Å². The Morgan fingerprint density at radius 3 is 3.00 bits per heavy atom. The fourth-order valence-electron chi connectivity index (χ4n) is 3.79. The molecule has 1 N–H and O–H groups in total. The van der Waals surface area contributed by atoms with E-state index in [4.69, 9.17) is 4.74 Å². The molecule has 0 spiro atoms. The summed E-state index contributed by atoms with van der Waals surface area (Å²) in [7, 11) is 0. The van der Waals surface area contributed by atoms with Gasteiger partial charge in [-0.15, -0.1) is 12.4 Å². The van der Waals surface area contributed by atoms with Gasteiger partial charge in [-0.25, -0.2) is 0 Å². The van der Waals surface area contributed by atoms with E-state index in [0.717, 1.165) is 51.6 Å². The molecule has 3 aliphatic rings. The number of halogens is 1. The van der Waals surface area contributed by atoms with Crippen LogP contribution in [0.25, 0.3) is 0 Å². The molecule has 0 bridgehead atoms. The number of benzene rings is 1. The van der Waals surface area contributed by atoms with Crippen molar-refractivity contribution in [1.29, 1.82) is 0 Å². The molecular formula is C16H24ClN3O. The van der Waals surface area contributed by atoms with E-state index in [0.29, 0.717) is 5.41 Å². The molecule has 1 saturated heterocycles. The molecule has 1 atom stereocenters. The molecule has 1 fully saturated rings. The van der Waals surface area contributed by atoms with Crippen LogP contribution >= 0.6 is 12.4 Å². The molecule has 4 nitrogen and oxygen atoms in total. The minimum atomic E-state index is 0. The minimum Gasteiger partial charge on any atom is -0.489 e. The monoisotopic (exact) mass is 309 g/mol. The van der Waals surface area contributed by atoms with E-state index in [-0.39, 0.29) is 12.4 Å². The van der Waals surface area contributed by atoms with Crippen LogP contribution in [-0.4, -0.2) is 45.9 Å². The number of rotatable bonds is 2. The first-order chi connectivity index (χ1) is 9.75. The molecule has 1 aromatic carbocycles. The van der Waals surface area contributed by atoms with Crippen LogP contribution in [-0.2, 0) is 0 Å². The van der Waals surface area contributed by atoms with Crippen molar-refractivity contribution in [3.63, 3.8) is 0 Å². The highest BCUT2D eigenvalue weighted by Gasteiger charge is 2.35. The molecule has 3 heterocycles. The van der Waals surface area contributed by atoms with Crippen molar-refractivity contribution in [2.45, 2.75) is 13.3 Å². The van der Waals surface area contributed by atoms with Gasteiger partial charge < -0.3 is 19.9 Å². The van der Waals surface area contributed by atoms with E-state index in [9.17, 15) is 0 Å². The summed E-state index contributed by atoms with van der Waals surface area (Å²) in [6, 6.07) is 6.49. The summed E-state index contributed by atoms with van der Waals surface area (Å²) < 4.78 is 5.83. The van der Waals surface area contributed by atoms with E-state index in [1.54, 1.807) is 0 Å². The Balaban J connectivity index is 0.00000132. The van der Waals surface area contributed by atoms with Gasteiger partial charge in [0, 0.05) is 26.2 Å². The molecular weight excluding hydrogens is 286 g/mol. The van der Waals surface area contributed by atoms with Crippen LogP contribution < -0.4 is 19.9 Å². The molecule has 21 heavy (non-hydrogen) atoms. The Kier molecular flexibility index (Phi) is 3.93. The van der Waals surface area contributed by atoms with Crippen LogP contribution in [0.15, 0.2) is 18.2 Å². The molecule has 5 heteroatoms. The van der Waals surface area contributed by atoms with Gasteiger partial charge in [-0.3, -0.25) is 0 Å². The van der Waals surface area contributed by atoms with Gasteiger partial charge in [-0.1, -0.05) is 13.0 Å². The lowest BCUT2D eigenvalue weighted by atomic mass is 9.88. The normalized spacial score (nSPS) is 26.9. The molecule has 1 aromatic rings. The minimum absolute atomic E-state index is 0. The van der Waals surface area contributed by atoms with Crippen LogP contribution in [0.1, 0.15) is 13.3 Å². The average molecular weight is 310 g/mol. The quantitative estimate of drug-likeness (QED) is 0.906. The van der Waals surface area contributed by atoms with Gasteiger partial charge in [-0.2, -0.15) is 0 Å². The summed E-state index contributed by atoms with van der Waals surface area (Å²) in [6.07, 6.45) is 1.28. The number of hydrogen-bond acceptors (Lipinski definition) is 4. The molecule has 0 aliphatic carbocycles. The summed E-state index contributed by atoms with van der Waals surface area (Å²) >= 11 is 0. The van der Waals surface area contributed by atoms with Crippen LogP contribution in [0.5, 0.6) is 5.75 Å². The molecule has 116 valence electrons. The lowest BCUT2D eigenvalue weighted by Crippen LogP contribution is -2.48. The maximum atomic E-state index is 5.83. The van der Waals surface area contributed by atoms with Gasteiger partial charge in [0.2, 0.25) is 0 Å². The van der Waals surface area contributed by atoms with E-state index in [2.05, 4.69) is 40.2 Å². The number of hydrogen-bond donors (Lipinski definition) is 1. The fraction of sp³-hybridized carbons (Fsp3) is 0.625.